The van der Waals surface area contributed by atoms with Gasteiger partial charge in [0.15, 0.2) is 0 Å². The van der Waals surface area contributed by atoms with Crippen LogP contribution in [0.3, 0.4) is 0 Å². The molecule has 0 atom stereocenters. The summed E-state index contributed by atoms with van der Waals surface area (Å²) in [6, 6.07) is 67.0. The summed E-state index contributed by atoms with van der Waals surface area (Å²) in [7, 11) is 0. The van der Waals surface area contributed by atoms with Gasteiger partial charge >= 0.3 is 0 Å². The smallest absolute Gasteiger partial charge is 0.0734 e. The molecule has 0 aliphatic heterocycles. The maximum atomic E-state index is 2.65. The van der Waals surface area contributed by atoms with Gasteiger partial charge in [0.25, 0.3) is 0 Å². The molecule has 0 amide bonds. The Morgan fingerprint density at radius 3 is 1.68 bits per heavy atom. The van der Waals surface area contributed by atoms with Gasteiger partial charge in [-0.05, 0) is 121 Å². The summed E-state index contributed by atoms with van der Waals surface area (Å²) in [5.74, 6) is 0. The van der Waals surface area contributed by atoms with E-state index in [4.69, 9.17) is 0 Å². The summed E-state index contributed by atoms with van der Waals surface area (Å²) in [6.45, 7) is 14.6. The topological polar surface area (TPSA) is 3.24 Å². The first-order valence-electron chi connectivity index (χ1n) is 21.5. The van der Waals surface area contributed by atoms with E-state index >= 15 is 0 Å². The number of nitrogens with zero attached hydrogens (tertiary/aromatic N) is 1. The van der Waals surface area contributed by atoms with Gasteiger partial charge in [-0.3, -0.25) is 0 Å². The number of hydrogen-bond donors (Lipinski definition) is 0. The maximum absolute atomic E-state index is 2.65. The molecule has 8 aromatic carbocycles. The summed E-state index contributed by atoms with van der Waals surface area (Å²) >= 11 is 0. The molecule has 11 rings (SSSR count). The molecule has 0 unspecified atom stereocenters. The predicted molar refractivity (Wildman–Crippen MR) is 249 cm³/mol. The predicted octanol–water partition coefficient (Wildman–Crippen LogP) is 15.3. The van der Waals surface area contributed by atoms with Crippen LogP contribution in [0.2, 0.25) is 0 Å². The van der Waals surface area contributed by atoms with Gasteiger partial charge in [0.05, 0.1) is 16.8 Å². The number of anilines is 3. The number of hydrogen-bond acceptors (Lipinski definition) is 1. The van der Waals surface area contributed by atoms with Crippen molar-refractivity contribution in [1.29, 1.82) is 0 Å². The first-order valence-corrected chi connectivity index (χ1v) is 21.5. The SMILES string of the molecule is CC1(C)CCC(C)(C)c2cc3c(cc21)-c1cccc(N(c2ccc4c(c2)C(C)(C)c2ccccc2-4)c2cccc4ccccc24)c1C3(c1ccccc1)c1ccccc1. The zero-order chi connectivity index (χ0) is 40.3. The Morgan fingerprint density at radius 1 is 0.390 bits per heavy atom. The first kappa shape index (κ1) is 35.9. The summed E-state index contributed by atoms with van der Waals surface area (Å²) in [5, 5.41) is 2.46. The number of fused-ring (bicyclic) bond motifs is 8. The average molecular weight is 762 g/mol. The van der Waals surface area contributed by atoms with Crippen LogP contribution in [0.1, 0.15) is 98.9 Å². The van der Waals surface area contributed by atoms with Crippen LogP contribution >= 0.6 is 0 Å². The monoisotopic (exact) mass is 761 g/mol. The van der Waals surface area contributed by atoms with E-state index < -0.39 is 5.41 Å². The van der Waals surface area contributed by atoms with Crippen molar-refractivity contribution in [3.63, 3.8) is 0 Å². The molecule has 59 heavy (non-hydrogen) atoms. The van der Waals surface area contributed by atoms with Crippen LogP contribution in [0.4, 0.5) is 17.1 Å². The minimum atomic E-state index is -0.592. The van der Waals surface area contributed by atoms with E-state index in [1.54, 1.807) is 0 Å². The minimum absolute atomic E-state index is 0.0559. The van der Waals surface area contributed by atoms with Crippen LogP contribution in [0.15, 0.2) is 176 Å². The van der Waals surface area contributed by atoms with Crippen molar-refractivity contribution in [2.45, 2.75) is 76.0 Å². The van der Waals surface area contributed by atoms with Crippen molar-refractivity contribution in [2.75, 3.05) is 4.90 Å². The third-order valence-electron chi connectivity index (χ3n) is 14.6. The highest BCUT2D eigenvalue weighted by atomic mass is 15.1. The molecule has 288 valence electrons. The van der Waals surface area contributed by atoms with E-state index in [1.165, 1.54) is 107 Å². The molecular formula is C58H51N. The van der Waals surface area contributed by atoms with Gasteiger partial charge in [-0.2, -0.15) is 0 Å². The van der Waals surface area contributed by atoms with E-state index in [2.05, 4.69) is 222 Å². The molecule has 1 nitrogen and oxygen atoms in total. The molecule has 0 fully saturated rings. The lowest BCUT2D eigenvalue weighted by Gasteiger charge is -2.43. The van der Waals surface area contributed by atoms with Crippen molar-refractivity contribution in [3.8, 4) is 22.3 Å². The fraction of sp³-hybridized carbons (Fsp3) is 0.207. The highest BCUT2D eigenvalue weighted by Gasteiger charge is 2.51. The third-order valence-corrected chi connectivity index (χ3v) is 14.6. The zero-order valence-corrected chi connectivity index (χ0v) is 35.1. The van der Waals surface area contributed by atoms with Crippen LogP contribution in [0.25, 0.3) is 33.0 Å². The van der Waals surface area contributed by atoms with Crippen molar-refractivity contribution < 1.29 is 0 Å². The van der Waals surface area contributed by atoms with E-state index in [-0.39, 0.29) is 16.2 Å². The third kappa shape index (κ3) is 5.04. The molecule has 0 saturated carbocycles. The van der Waals surface area contributed by atoms with Gasteiger partial charge < -0.3 is 4.90 Å². The van der Waals surface area contributed by atoms with E-state index in [0.717, 1.165) is 0 Å². The van der Waals surface area contributed by atoms with Gasteiger partial charge in [-0.15, -0.1) is 0 Å². The Morgan fingerprint density at radius 2 is 0.949 bits per heavy atom. The fourth-order valence-electron chi connectivity index (χ4n) is 11.4. The van der Waals surface area contributed by atoms with Crippen LogP contribution in [-0.4, -0.2) is 0 Å². The second-order valence-electron chi connectivity index (χ2n) is 19.1. The summed E-state index contributed by atoms with van der Waals surface area (Å²) < 4.78 is 0. The fourth-order valence-corrected chi connectivity index (χ4v) is 11.4. The molecular weight excluding hydrogens is 711 g/mol. The molecule has 0 heterocycles. The second-order valence-corrected chi connectivity index (χ2v) is 19.1. The largest absolute Gasteiger partial charge is 0.310 e. The summed E-state index contributed by atoms with van der Waals surface area (Å²) in [6.07, 6.45) is 2.34. The lowest BCUT2D eigenvalue weighted by atomic mass is 9.61. The van der Waals surface area contributed by atoms with E-state index in [1.807, 2.05) is 0 Å². The zero-order valence-electron chi connectivity index (χ0n) is 35.1. The first-order chi connectivity index (χ1) is 28.5. The molecule has 0 spiro atoms. The van der Waals surface area contributed by atoms with E-state index in [9.17, 15) is 0 Å². The van der Waals surface area contributed by atoms with Gasteiger partial charge in [0, 0.05) is 22.1 Å². The van der Waals surface area contributed by atoms with Crippen molar-refractivity contribution in [3.05, 3.63) is 220 Å². The number of benzene rings is 8. The van der Waals surface area contributed by atoms with Crippen LogP contribution in [0, 0.1) is 0 Å². The Labute approximate surface area is 350 Å². The Kier molecular flexibility index (Phi) is 7.71. The average Bonchev–Trinajstić information content (AvgIpc) is 3.69. The van der Waals surface area contributed by atoms with Crippen LogP contribution in [-0.2, 0) is 21.7 Å². The normalized spacial score (nSPS) is 17.1. The quantitative estimate of drug-likeness (QED) is 0.169. The molecule has 0 aromatic heterocycles. The van der Waals surface area contributed by atoms with Gasteiger partial charge in [0.2, 0.25) is 0 Å². The summed E-state index contributed by atoms with van der Waals surface area (Å²) in [4.78, 5) is 2.60. The molecule has 3 aliphatic rings. The number of rotatable bonds is 5. The lowest BCUT2D eigenvalue weighted by molar-refractivity contribution is 0.331. The maximum Gasteiger partial charge on any atom is 0.0734 e. The molecule has 0 bridgehead atoms. The molecule has 0 N–H and O–H groups in total. The minimum Gasteiger partial charge on any atom is -0.310 e. The van der Waals surface area contributed by atoms with Crippen LogP contribution in [0.5, 0.6) is 0 Å². The van der Waals surface area contributed by atoms with Gasteiger partial charge in [0.1, 0.15) is 0 Å². The second kappa shape index (κ2) is 12.7. The Hall–Kier alpha value is -6.18. The Balaban J connectivity index is 1.28. The molecule has 3 aliphatic carbocycles. The highest BCUT2D eigenvalue weighted by molar-refractivity contribution is 6.02. The molecule has 1 heteroatoms. The van der Waals surface area contributed by atoms with E-state index in [0.29, 0.717) is 0 Å². The van der Waals surface area contributed by atoms with Crippen molar-refractivity contribution in [1.82, 2.24) is 0 Å². The highest BCUT2D eigenvalue weighted by Crippen LogP contribution is 2.63. The van der Waals surface area contributed by atoms with Crippen LogP contribution < -0.4 is 4.90 Å². The van der Waals surface area contributed by atoms with Gasteiger partial charge in [-0.25, -0.2) is 0 Å². The summed E-state index contributed by atoms with van der Waals surface area (Å²) in [5.41, 5.74) is 19.3. The molecule has 0 saturated heterocycles. The van der Waals surface area contributed by atoms with Crippen molar-refractivity contribution >= 4 is 27.8 Å². The molecule has 0 radical (unpaired) electrons. The lowest BCUT2D eigenvalue weighted by Crippen LogP contribution is -2.35. The van der Waals surface area contributed by atoms with Gasteiger partial charge in [-0.1, -0.05) is 187 Å². The standard InChI is InChI=1S/C58H51N/c1-55(2)33-34-56(3,4)51-37-49-46(36-50(51)55)45-27-18-30-53(54(45)58(49,39-21-9-7-10-22-39)40-23-11-8-12-24-40)59(52-29-17-20-38-19-13-14-25-42(38)52)41-31-32-44-43-26-15-16-28-47(43)57(5,6)48(44)35-41/h7-32,35-37H,33-34H2,1-6H3. The van der Waals surface area contributed by atoms with Crippen molar-refractivity contribution in [2.24, 2.45) is 0 Å². The molecule has 8 aromatic rings. The Bertz CT molecular complexity index is 2920.